The van der Waals surface area contributed by atoms with Gasteiger partial charge in [0.15, 0.2) is 0 Å². The van der Waals surface area contributed by atoms with Gasteiger partial charge < -0.3 is 4.57 Å². The second kappa shape index (κ2) is 8.07. The fraction of sp³-hybridized carbons (Fsp3) is 0.545. The van der Waals surface area contributed by atoms with Crippen LogP contribution < -0.4 is 5.32 Å². The van der Waals surface area contributed by atoms with E-state index in [0.29, 0.717) is 29.6 Å². The van der Waals surface area contributed by atoms with E-state index in [1.807, 2.05) is 6.07 Å². The van der Waals surface area contributed by atoms with E-state index in [-0.39, 0.29) is 5.91 Å². The number of carbonyl (C=O) groups is 1. The molecule has 1 saturated heterocycles. The van der Waals surface area contributed by atoms with Gasteiger partial charge in [-0.25, -0.2) is 4.98 Å². The van der Waals surface area contributed by atoms with Crippen molar-refractivity contribution in [2.75, 3.05) is 25.0 Å². The third-order valence-corrected chi connectivity index (χ3v) is 6.99. The zero-order valence-corrected chi connectivity index (χ0v) is 18.4. The minimum atomic E-state index is -0.00786. The summed E-state index contributed by atoms with van der Waals surface area (Å²) in [6.07, 6.45) is 4.57. The predicted octanol–water partition coefficient (Wildman–Crippen LogP) is 4.16. The van der Waals surface area contributed by atoms with E-state index in [9.17, 15) is 4.79 Å². The van der Waals surface area contributed by atoms with Crippen molar-refractivity contribution >= 4 is 33.4 Å². The molecule has 0 radical (unpaired) electrons. The highest BCUT2D eigenvalue weighted by atomic mass is 32.1. The number of hydrogen-bond donors (Lipinski definition) is 1. The second-order valence-corrected chi connectivity index (χ2v) is 9.77. The maximum atomic E-state index is 12.6. The van der Waals surface area contributed by atoms with Gasteiger partial charge in [0.25, 0.3) is 0 Å². The Morgan fingerprint density at radius 1 is 1.20 bits per heavy atom. The van der Waals surface area contributed by atoms with Crippen LogP contribution >= 0.6 is 11.3 Å². The highest BCUT2D eigenvalue weighted by Gasteiger charge is 2.29. The number of hydrogen-bond acceptors (Lipinski definition) is 6. The van der Waals surface area contributed by atoms with Crippen LogP contribution in [0, 0.1) is 0 Å². The van der Waals surface area contributed by atoms with Crippen LogP contribution in [-0.2, 0) is 4.79 Å². The van der Waals surface area contributed by atoms with Crippen LogP contribution in [0.15, 0.2) is 24.3 Å². The van der Waals surface area contributed by atoms with Crippen molar-refractivity contribution in [2.24, 2.45) is 0 Å². The van der Waals surface area contributed by atoms with Gasteiger partial charge in [0.2, 0.25) is 11.0 Å². The minimum Gasteiger partial charge on any atom is -0.325 e. The molecule has 1 saturated carbocycles. The zero-order chi connectivity index (χ0) is 20.7. The quantitative estimate of drug-likeness (QED) is 0.643. The molecule has 1 aliphatic carbocycles. The third-order valence-electron chi connectivity index (χ3n) is 5.99. The normalized spacial score (nSPS) is 20.2. The van der Waals surface area contributed by atoms with Crippen LogP contribution in [0.25, 0.3) is 11.0 Å². The summed E-state index contributed by atoms with van der Waals surface area (Å²) in [5.74, 6) is 2.04. The van der Waals surface area contributed by atoms with Crippen LogP contribution in [0.3, 0.4) is 0 Å². The Kier molecular flexibility index (Phi) is 5.28. The number of anilines is 1. The maximum Gasteiger partial charge on any atom is 0.240 e. The predicted molar refractivity (Wildman–Crippen MR) is 119 cm³/mol. The topological polar surface area (TPSA) is 75.9 Å². The summed E-state index contributed by atoms with van der Waals surface area (Å²) in [5.41, 5.74) is 2.25. The van der Waals surface area contributed by atoms with E-state index in [0.717, 1.165) is 42.3 Å². The largest absolute Gasteiger partial charge is 0.325 e. The standard InChI is InChI=1S/C22H28N6OS/c1-14(2)28-18-8-4-3-7-17(18)23-20(28)16-6-5-11-27(12-16)13-19(29)24-22-26-25-21(30-22)15-9-10-15/h3-4,7-8,14-16H,5-6,9-13H2,1-2H3,(H,24,26,29)/t16-/m0/s1. The van der Waals surface area contributed by atoms with Crippen LogP contribution in [-0.4, -0.2) is 50.2 Å². The molecular weight excluding hydrogens is 396 g/mol. The molecule has 1 aliphatic heterocycles. The Morgan fingerprint density at radius 3 is 2.83 bits per heavy atom. The van der Waals surface area contributed by atoms with Gasteiger partial charge in [-0.15, -0.1) is 10.2 Å². The first-order chi connectivity index (χ1) is 14.6. The molecule has 1 N–H and O–H groups in total. The van der Waals surface area contributed by atoms with Crippen LogP contribution in [0.4, 0.5) is 5.13 Å². The summed E-state index contributed by atoms with van der Waals surface area (Å²) < 4.78 is 2.37. The van der Waals surface area contributed by atoms with E-state index >= 15 is 0 Å². The van der Waals surface area contributed by atoms with Crippen molar-refractivity contribution < 1.29 is 4.79 Å². The lowest BCUT2D eigenvalue weighted by Crippen LogP contribution is -2.40. The first-order valence-electron chi connectivity index (χ1n) is 10.9. The average Bonchev–Trinajstić information content (AvgIpc) is 3.34. The number of para-hydroxylation sites is 2. The molecule has 3 heterocycles. The van der Waals surface area contributed by atoms with Crippen molar-refractivity contribution in [1.29, 1.82) is 0 Å². The van der Waals surface area contributed by atoms with Crippen LogP contribution in [0.2, 0.25) is 0 Å². The molecule has 1 amide bonds. The lowest BCUT2D eigenvalue weighted by molar-refractivity contribution is -0.117. The minimum absolute atomic E-state index is 0.00786. The number of imidazole rings is 1. The number of benzene rings is 1. The molecule has 0 unspecified atom stereocenters. The number of nitrogens with zero attached hydrogens (tertiary/aromatic N) is 5. The number of likely N-dealkylation sites (tertiary alicyclic amines) is 1. The molecule has 2 fully saturated rings. The van der Waals surface area contributed by atoms with Gasteiger partial charge in [0.05, 0.1) is 17.6 Å². The molecular formula is C22H28N6OS. The van der Waals surface area contributed by atoms with Crippen molar-refractivity contribution in [3.63, 3.8) is 0 Å². The van der Waals surface area contributed by atoms with Crippen molar-refractivity contribution in [3.8, 4) is 0 Å². The Hall–Kier alpha value is -2.32. The summed E-state index contributed by atoms with van der Waals surface area (Å²) in [7, 11) is 0. The summed E-state index contributed by atoms with van der Waals surface area (Å²) in [6.45, 7) is 6.60. The summed E-state index contributed by atoms with van der Waals surface area (Å²) in [4.78, 5) is 19.8. The van der Waals surface area contributed by atoms with E-state index in [4.69, 9.17) is 4.98 Å². The molecule has 5 rings (SSSR count). The van der Waals surface area contributed by atoms with Crippen LogP contribution in [0.5, 0.6) is 0 Å². The highest BCUT2D eigenvalue weighted by molar-refractivity contribution is 7.15. The lowest BCUT2D eigenvalue weighted by atomic mass is 9.97. The molecule has 0 bridgehead atoms. The fourth-order valence-electron chi connectivity index (χ4n) is 4.45. The van der Waals surface area contributed by atoms with E-state index in [2.05, 4.69) is 57.0 Å². The molecule has 2 aromatic heterocycles. The molecule has 8 heteroatoms. The Bertz CT molecular complexity index is 1050. The van der Waals surface area contributed by atoms with Crippen molar-refractivity contribution in [2.45, 2.75) is 57.4 Å². The third kappa shape index (κ3) is 3.98. The molecule has 158 valence electrons. The van der Waals surface area contributed by atoms with Gasteiger partial charge in [0.1, 0.15) is 10.8 Å². The Labute approximate surface area is 180 Å². The average molecular weight is 425 g/mol. The number of piperidine rings is 1. The molecule has 2 aliphatic rings. The number of fused-ring (bicyclic) bond motifs is 1. The zero-order valence-electron chi connectivity index (χ0n) is 17.5. The van der Waals surface area contributed by atoms with E-state index in [1.54, 1.807) is 0 Å². The highest BCUT2D eigenvalue weighted by Crippen LogP contribution is 2.42. The first-order valence-corrected chi connectivity index (χ1v) is 11.7. The SMILES string of the molecule is CC(C)n1c([C@H]2CCCN(CC(=O)Nc3nnc(C4CC4)s3)C2)nc2ccccc21. The van der Waals surface area contributed by atoms with Crippen molar-refractivity contribution in [1.82, 2.24) is 24.6 Å². The molecule has 3 aromatic rings. The molecule has 1 aromatic carbocycles. The molecule has 7 nitrogen and oxygen atoms in total. The monoisotopic (exact) mass is 424 g/mol. The second-order valence-electron chi connectivity index (χ2n) is 8.76. The Morgan fingerprint density at radius 2 is 2.03 bits per heavy atom. The molecule has 1 atom stereocenters. The van der Waals surface area contributed by atoms with E-state index < -0.39 is 0 Å². The van der Waals surface area contributed by atoms with Gasteiger partial charge in [-0.1, -0.05) is 23.5 Å². The van der Waals surface area contributed by atoms with Gasteiger partial charge in [0, 0.05) is 24.4 Å². The first kappa shape index (κ1) is 19.6. The maximum absolute atomic E-state index is 12.6. The number of nitrogens with one attached hydrogen (secondary N) is 1. The lowest BCUT2D eigenvalue weighted by Gasteiger charge is -2.32. The van der Waals surface area contributed by atoms with Gasteiger partial charge >= 0.3 is 0 Å². The van der Waals surface area contributed by atoms with Crippen molar-refractivity contribution in [3.05, 3.63) is 35.1 Å². The fourth-order valence-corrected chi connectivity index (χ4v) is 5.37. The van der Waals surface area contributed by atoms with Crippen LogP contribution in [0.1, 0.15) is 68.2 Å². The van der Waals surface area contributed by atoms with E-state index in [1.165, 1.54) is 29.7 Å². The van der Waals surface area contributed by atoms with Gasteiger partial charge in [-0.2, -0.15) is 0 Å². The number of carbonyl (C=O) groups excluding carboxylic acids is 1. The molecule has 0 spiro atoms. The summed E-state index contributed by atoms with van der Waals surface area (Å²) >= 11 is 1.51. The van der Waals surface area contributed by atoms with Gasteiger partial charge in [-0.3, -0.25) is 15.0 Å². The summed E-state index contributed by atoms with van der Waals surface area (Å²) in [5, 5.41) is 13.0. The number of rotatable bonds is 6. The Balaban J connectivity index is 1.27. The summed E-state index contributed by atoms with van der Waals surface area (Å²) in [6, 6.07) is 8.71. The number of aromatic nitrogens is 4. The molecule has 30 heavy (non-hydrogen) atoms. The smallest absolute Gasteiger partial charge is 0.240 e. The van der Waals surface area contributed by atoms with Gasteiger partial charge in [-0.05, 0) is 58.2 Å². The number of amides is 1.